The van der Waals surface area contributed by atoms with Crippen molar-refractivity contribution in [1.29, 1.82) is 0 Å². The summed E-state index contributed by atoms with van der Waals surface area (Å²) in [5, 5.41) is 3.05. The molecule has 0 aliphatic heterocycles. The number of alkyl halides is 2. The zero-order chi connectivity index (χ0) is 15.6. The average Bonchev–Trinajstić information content (AvgIpc) is 2.47. The fraction of sp³-hybridized carbons (Fsp3) is 0.333. The number of anilines is 1. The fourth-order valence-corrected chi connectivity index (χ4v) is 3.05. The van der Waals surface area contributed by atoms with E-state index in [9.17, 15) is 8.78 Å². The molecule has 0 spiro atoms. The number of hydrogen-bond donors (Lipinski definition) is 1. The van der Waals surface area contributed by atoms with Crippen molar-refractivity contribution in [3.8, 4) is 11.4 Å². The molecular weight excluding hydrogens is 387 g/mol. The van der Waals surface area contributed by atoms with Gasteiger partial charge in [-0.2, -0.15) is 0 Å². The Labute approximate surface area is 136 Å². The van der Waals surface area contributed by atoms with E-state index < -0.39 is 6.43 Å². The van der Waals surface area contributed by atoms with E-state index in [1.807, 2.05) is 0 Å². The fourth-order valence-electron chi connectivity index (χ4n) is 1.92. The number of benzene rings is 1. The van der Waals surface area contributed by atoms with Crippen molar-refractivity contribution in [2.24, 2.45) is 0 Å². The van der Waals surface area contributed by atoms with Crippen LogP contribution in [0.5, 0.6) is 0 Å². The first-order chi connectivity index (χ1) is 9.93. The van der Waals surface area contributed by atoms with Crippen molar-refractivity contribution in [2.45, 2.75) is 26.2 Å². The second kappa shape index (κ2) is 6.64. The molecule has 112 valence electrons. The molecule has 6 heteroatoms. The monoisotopic (exact) mass is 403 g/mol. The molecule has 1 N–H and O–H groups in total. The molecule has 0 fully saturated rings. The Balaban J connectivity index is 2.50. The summed E-state index contributed by atoms with van der Waals surface area (Å²) in [6, 6.07) is 6.09. The molecule has 0 unspecified atom stereocenters. The lowest BCUT2D eigenvalue weighted by Crippen LogP contribution is -2.06. The molecule has 0 atom stereocenters. The molecule has 3 nitrogen and oxygen atoms in total. The minimum absolute atomic E-state index is 0.00202. The molecule has 0 bridgehead atoms. The molecule has 0 amide bonds. The van der Waals surface area contributed by atoms with Crippen LogP contribution < -0.4 is 5.32 Å². The standard InChI is InChI=1S/C15H16F2IN3/c1-8(2)12-11(18)15(19-3)21-14(20-12)10-6-4-9(5-7-10)13(16)17/h4-8,13H,1-3H3,(H,19,20,21). The Kier molecular flexibility index (Phi) is 5.08. The van der Waals surface area contributed by atoms with Gasteiger partial charge in [-0.25, -0.2) is 18.7 Å². The van der Waals surface area contributed by atoms with Crippen molar-refractivity contribution in [3.05, 3.63) is 39.1 Å². The van der Waals surface area contributed by atoms with Crippen LogP contribution in [0, 0.1) is 3.57 Å². The number of aromatic nitrogens is 2. The summed E-state index contributed by atoms with van der Waals surface area (Å²) in [6.45, 7) is 4.13. The predicted octanol–water partition coefficient (Wildman–Crippen LogP) is 4.85. The molecule has 1 aromatic heterocycles. The van der Waals surface area contributed by atoms with E-state index in [4.69, 9.17) is 0 Å². The topological polar surface area (TPSA) is 37.8 Å². The molecule has 0 saturated carbocycles. The maximum atomic E-state index is 12.6. The van der Waals surface area contributed by atoms with Gasteiger partial charge in [-0.1, -0.05) is 38.1 Å². The van der Waals surface area contributed by atoms with Crippen LogP contribution in [0.25, 0.3) is 11.4 Å². The minimum Gasteiger partial charge on any atom is -0.372 e. The smallest absolute Gasteiger partial charge is 0.263 e. The van der Waals surface area contributed by atoms with E-state index in [1.165, 1.54) is 12.1 Å². The summed E-state index contributed by atoms with van der Waals surface area (Å²) in [5.74, 6) is 1.55. The highest BCUT2D eigenvalue weighted by molar-refractivity contribution is 14.1. The van der Waals surface area contributed by atoms with Crippen molar-refractivity contribution in [3.63, 3.8) is 0 Å². The first kappa shape index (κ1) is 16.1. The van der Waals surface area contributed by atoms with E-state index in [0.717, 1.165) is 20.6 Å². The van der Waals surface area contributed by atoms with Crippen molar-refractivity contribution in [1.82, 2.24) is 9.97 Å². The molecule has 0 aliphatic carbocycles. The highest BCUT2D eigenvalue weighted by Gasteiger charge is 2.15. The number of halogens is 3. The summed E-state index contributed by atoms with van der Waals surface area (Å²) < 4.78 is 26.2. The Morgan fingerprint density at radius 3 is 2.19 bits per heavy atom. The average molecular weight is 403 g/mol. The highest BCUT2D eigenvalue weighted by atomic mass is 127. The number of rotatable bonds is 4. The molecule has 0 radical (unpaired) electrons. The van der Waals surface area contributed by atoms with E-state index in [-0.39, 0.29) is 11.5 Å². The first-order valence-electron chi connectivity index (χ1n) is 6.57. The third-order valence-corrected chi connectivity index (χ3v) is 4.14. The van der Waals surface area contributed by atoms with Gasteiger partial charge in [-0.15, -0.1) is 0 Å². The van der Waals surface area contributed by atoms with Crippen LogP contribution in [0.15, 0.2) is 24.3 Å². The second-order valence-corrected chi connectivity index (χ2v) is 6.00. The van der Waals surface area contributed by atoms with E-state index >= 15 is 0 Å². The van der Waals surface area contributed by atoms with Gasteiger partial charge >= 0.3 is 0 Å². The van der Waals surface area contributed by atoms with Crippen LogP contribution >= 0.6 is 22.6 Å². The summed E-state index contributed by atoms with van der Waals surface area (Å²) in [6.07, 6.45) is -2.46. The molecule has 1 aromatic carbocycles. The Morgan fingerprint density at radius 2 is 1.71 bits per heavy atom. The maximum Gasteiger partial charge on any atom is 0.263 e. The third-order valence-electron chi connectivity index (χ3n) is 3.08. The highest BCUT2D eigenvalue weighted by Crippen LogP contribution is 2.29. The summed E-state index contributed by atoms with van der Waals surface area (Å²) >= 11 is 2.22. The van der Waals surface area contributed by atoms with Crippen molar-refractivity contribution >= 4 is 28.4 Å². The number of nitrogens with zero attached hydrogens (tertiary/aromatic N) is 2. The maximum absolute atomic E-state index is 12.6. The molecule has 1 heterocycles. The quantitative estimate of drug-likeness (QED) is 0.742. The summed E-state index contributed by atoms with van der Waals surface area (Å²) in [7, 11) is 1.80. The Morgan fingerprint density at radius 1 is 1.10 bits per heavy atom. The van der Waals surface area contributed by atoms with E-state index in [1.54, 1.807) is 19.2 Å². The van der Waals surface area contributed by atoms with Gasteiger partial charge in [0.2, 0.25) is 0 Å². The number of nitrogens with one attached hydrogen (secondary N) is 1. The van der Waals surface area contributed by atoms with Gasteiger partial charge in [-0.3, -0.25) is 0 Å². The zero-order valence-electron chi connectivity index (χ0n) is 12.0. The predicted molar refractivity (Wildman–Crippen MR) is 88.8 cm³/mol. The molecule has 0 saturated heterocycles. The Bertz CT molecular complexity index is 628. The van der Waals surface area contributed by atoms with Gasteiger partial charge in [0.1, 0.15) is 5.82 Å². The van der Waals surface area contributed by atoms with Gasteiger partial charge < -0.3 is 5.32 Å². The molecule has 21 heavy (non-hydrogen) atoms. The minimum atomic E-state index is -2.46. The van der Waals surface area contributed by atoms with Crippen LogP contribution in [0.4, 0.5) is 14.6 Å². The van der Waals surface area contributed by atoms with Crippen LogP contribution in [-0.2, 0) is 0 Å². The summed E-state index contributed by atoms with van der Waals surface area (Å²) in [4.78, 5) is 9.04. The SMILES string of the molecule is CNc1nc(-c2ccc(C(F)F)cc2)nc(C(C)C)c1I. The molecule has 2 rings (SSSR count). The molecular formula is C15H16F2IN3. The Hall–Kier alpha value is -1.31. The van der Waals surface area contributed by atoms with Crippen molar-refractivity contribution < 1.29 is 8.78 Å². The lowest BCUT2D eigenvalue weighted by Gasteiger charge is -2.13. The lowest BCUT2D eigenvalue weighted by molar-refractivity contribution is 0.151. The van der Waals surface area contributed by atoms with Gasteiger partial charge in [0.15, 0.2) is 5.82 Å². The van der Waals surface area contributed by atoms with Crippen LogP contribution in [0.1, 0.15) is 37.4 Å². The largest absolute Gasteiger partial charge is 0.372 e. The number of hydrogen-bond acceptors (Lipinski definition) is 3. The lowest BCUT2D eigenvalue weighted by atomic mass is 10.1. The van der Waals surface area contributed by atoms with E-state index in [2.05, 4.69) is 51.7 Å². The molecule has 0 aliphatic rings. The van der Waals surface area contributed by atoms with E-state index in [0.29, 0.717) is 5.82 Å². The van der Waals surface area contributed by atoms with Gasteiger partial charge in [-0.05, 0) is 28.5 Å². The van der Waals surface area contributed by atoms with Crippen LogP contribution in [0.3, 0.4) is 0 Å². The van der Waals surface area contributed by atoms with Gasteiger partial charge in [0.05, 0.1) is 9.26 Å². The van der Waals surface area contributed by atoms with Gasteiger partial charge in [0, 0.05) is 18.2 Å². The van der Waals surface area contributed by atoms with Crippen molar-refractivity contribution in [2.75, 3.05) is 12.4 Å². The first-order valence-corrected chi connectivity index (χ1v) is 7.65. The van der Waals surface area contributed by atoms with Gasteiger partial charge in [0.25, 0.3) is 6.43 Å². The molecule has 2 aromatic rings. The normalized spacial score (nSPS) is 11.2. The zero-order valence-corrected chi connectivity index (χ0v) is 14.1. The second-order valence-electron chi connectivity index (χ2n) is 4.92. The summed E-state index contributed by atoms with van der Waals surface area (Å²) in [5.41, 5.74) is 1.68. The van der Waals surface area contributed by atoms with Crippen LogP contribution in [0.2, 0.25) is 0 Å². The van der Waals surface area contributed by atoms with Crippen LogP contribution in [-0.4, -0.2) is 17.0 Å². The third kappa shape index (κ3) is 3.48.